The van der Waals surface area contributed by atoms with Crippen LogP contribution >= 0.6 is 0 Å². The molecular formula is C28H50O7. The quantitative estimate of drug-likeness (QED) is 0.0646. The van der Waals surface area contributed by atoms with Crippen molar-refractivity contribution in [1.29, 1.82) is 0 Å². The van der Waals surface area contributed by atoms with Crippen LogP contribution in [0, 0.1) is 0 Å². The SMILES string of the molecule is C=CCCCCCCCCCC(O)(CO)C(=O)OC(=O)C(O)(CO)CCCCCCCCCC=C. The molecule has 7 nitrogen and oxygen atoms in total. The van der Waals surface area contributed by atoms with E-state index in [1.165, 1.54) is 0 Å². The van der Waals surface area contributed by atoms with Crippen molar-refractivity contribution in [3.8, 4) is 0 Å². The van der Waals surface area contributed by atoms with E-state index < -0.39 is 36.4 Å². The van der Waals surface area contributed by atoms with Crippen molar-refractivity contribution in [2.75, 3.05) is 13.2 Å². The predicted molar refractivity (Wildman–Crippen MR) is 139 cm³/mol. The van der Waals surface area contributed by atoms with Crippen LogP contribution in [0.25, 0.3) is 0 Å². The molecule has 4 N–H and O–H groups in total. The molecule has 35 heavy (non-hydrogen) atoms. The molecule has 0 amide bonds. The summed E-state index contributed by atoms with van der Waals surface area (Å²) >= 11 is 0. The van der Waals surface area contributed by atoms with Gasteiger partial charge in [0.05, 0.1) is 13.2 Å². The fourth-order valence-electron chi connectivity index (χ4n) is 3.95. The molecule has 0 aromatic carbocycles. The zero-order valence-electron chi connectivity index (χ0n) is 21.7. The lowest BCUT2D eigenvalue weighted by Gasteiger charge is -2.27. The summed E-state index contributed by atoms with van der Waals surface area (Å²) in [6.07, 6.45) is 19.1. The smallest absolute Gasteiger partial charge is 0.348 e. The highest BCUT2D eigenvalue weighted by molar-refractivity contribution is 5.94. The molecule has 0 aromatic rings. The lowest BCUT2D eigenvalue weighted by molar-refractivity contribution is -0.190. The van der Waals surface area contributed by atoms with E-state index in [4.69, 9.17) is 4.74 Å². The van der Waals surface area contributed by atoms with Gasteiger partial charge in [-0.1, -0.05) is 76.4 Å². The maximum atomic E-state index is 12.4. The first kappa shape index (κ1) is 33.5. The number of carbonyl (C=O) groups is 2. The average molecular weight is 499 g/mol. The molecule has 0 aliphatic carbocycles. The minimum atomic E-state index is -2.21. The summed E-state index contributed by atoms with van der Waals surface area (Å²) in [7, 11) is 0. The van der Waals surface area contributed by atoms with E-state index in [0.717, 1.165) is 89.9 Å². The largest absolute Gasteiger partial charge is 0.393 e. The zero-order chi connectivity index (χ0) is 26.4. The second-order valence-electron chi connectivity index (χ2n) is 9.66. The molecule has 0 aliphatic heterocycles. The number of carbonyl (C=O) groups excluding carboxylic acids is 2. The highest BCUT2D eigenvalue weighted by Crippen LogP contribution is 2.22. The Balaban J connectivity index is 4.34. The van der Waals surface area contributed by atoms with Crippen molar-refractivity contribution in [1.82, 2.24) is 0 Å². The number of rotatable bonds is 24. The lowest BCUT2D eigenvalue weighted by Crippen LogP contribution is -2.50. The number of esters is 2. The average Bonchev–Trinajstić information content (AvgIpc) is 2.86. The van der Waals surface area contributed by atoms with Gasteiger partial charge in [0.2, 0.25) is 0 Å². The topological polar surface area (TPSA) is 124 Å². The Kier molecular flexibility index (Phi) is 19.7. The minimum Gasteiger partial charge on any atom is -0.393 e. The van der Waals surface area contributed by atoms with E-state index in [0.29, 0.717) is 12.8 Å². The van der Waals surface area contributed by atoms with Crippen LogP contribution in [0.4, 0.5) is 0 Å². The molecule has 0 saturated carbocycles. The first-order valence-electron chi connectivity index (χ1n) is 13.4. The van der Waals surface area contributed by atoms with Crippen LogP contribution in [0.15, 0.2) is 25.3 Å². The molecular weight excluding hydrogens is 448 g/mol. The summed E-state index contributed by atoms with van der Waals surface area (Å²) in [6, 6.07) is 0. The van der Waals surface area contributed by atoms with Crippen LogP contribution in [-0.4, -0.2) is 56.8 Å². The molecule has 0 radical (unpaired) electrons. The van der Waals surface area contributed by atoms with E-state index in [1.54, 1.807) is 0 Å². The Labute approximate surface area is 212 Å². The van der Waals surface area contributed by atoms with Gasteiger partial charge in [-0.3, -0.25) is 0 Å². The number of hydrogen-bond acceptors (Lipinski definition) is 7. The summed E-state index contributed by atoms with van der Waals surface area (Å²) in [5.74, 6) is -2.58. The van der Waals surface area contributed by atoms with Gasteiger partial charge in [0.1, 0.15) is 0 Å². The fourth-order valence-corrected chi connectivity index (χ4v) is 3.95. The Morgan fingerprint density at radius 1 is 0.571 bits per heavy atom. The number of aliphatic hydroxyl groups is 4. The molecule has 0 aromatic heterocycles. The fraction of sp³-hybridized carbons (Fsp3) is 0.786. The Hall–Kier alpha value is -1.54. The van der Waals surface area contributed by atoms with Crippen molar-refractivity contribution in [2.24, 2.45) is 0 Å². The van der Waals surface area contributed by atoms with Crippen LogP contribution < -0.4 is 0 Å². The van der Waals surface area contributed by atoms with Crippen LogP contribution in [0.1, 0.15) is 116 Å². The van der Waals surface area contributed by atoms with E-state index >= 15 is 0 Å². The second-order valence-corrected chi connectivity index (χ2v) is 9.66. The molecule has 0 fully saturated rings. The number of aliphatic hydroxyl groups excluding tert-OH is 2. The molecule has 2 atom stereocenters. The molecule has 0 bridgehead atoms. The van der Waals surface area contributed by atoms with Crippen molar-refractivity contribution in [2.45, 2.75) is 127 Å². The van der Waals surface area contributed by atoms with E-state index in [1.807, 2.05) is 12.2 Å². The summed E-state index contributed by atoms with van der Waals surface area (Å²) < 4.78 is 4.71. The van der Waals surface area contributed by atoms with Gasteiger partial charge in [-0.15, -0.1) is 13.2 Å². The van der Waals surface area contributed by atoms with Gasteiger partial charge in [0.15, 0.2) is 11.2 Å². The van der Waals surface area contributed by atoms with Crippen molar-refractivity contribution >= 4 is 11.9 Å². The summed E-state index contributed by atoms with van der Waals surface area (Å²) in [4.78, 5) is 24.8. The highest BCUT2D eigenvalue weighted by atomic mass is 16.6. The summed E-state index contributed by atoms with van der Waals surface area (Å²) in [5, 5.41) is 40.1. The normalized spacial score (nSPS) is 14.6. The zero-order valence-corrected chi connectivity index (χ0v) is 21.7. The molecule has 0 spiro atoms. The van der Waals surface area contributed by atoms with Crippen molar-refractivity contribution in [3.63, 3.8) is 0 Å². The maximum Gasteiger partial charge on any atom is 0.348 e. The third kappa shape index (κ3) is 15.2. The van der Waals surface area contributed by atoms with Crippen LogP contribution in [0.5, 0.6) is 0 Å². The molecule has 0 aliphatic rings. The number of unbranched alkanes of at least 4 members (excludes halogenated alkanes) is 14. The summed E-state index contributed by atoms with van der Waals surface area (Å²) in [6.45, 7) is 5.63. The summed E-state index contributed by atoms with van der Waals surface area (Å²) in [5.41, 5.74) is -4.41. The monoisotopic (exact) mass is 498 g/mol. The molecule has 0 heterocycles. The third-order valence-corrected chi connectivity index (χ3v) is 6.47. The minimum absolute atomic E-state index is 0.0452. The number of hydrogen-bond donors (Lipinski definition) is 4. The molecule has 0 rings (SSSR count). The van der Waals surface area contributed by atoms with Crippen LogP contribution in [-0.2, 0) is 14.3 Å². The van der Waals surface area contributed by atoms with E-state index in [-0.39, 0.29) is 12.8 Å². The first-order chi connectivity index (χ1) is 16.8. The lowest BCUT2D eigenvalue weighted by atomic mass is 9.95. The van der Waals surface area contributed by atoms with Gasteiger partial charge in [0.25, 0.3) is 0 Å². The van der Waals surface area contributed by atoms with Crippen molar-refractivity contribution < 1.29 is 34.8 Å². The number of allylic oxidation sites excluding steroid dienone is 2. The highest BCUT2D eigenvalue weighted by Gasteiger charge is 2.43. The molecule has 2 unspecified atom stereocenters. The maximum absolute atomic E-state index is 12.4. The van der Waals surface area contributed by atoms with E-state index in [2.05, 4.69) is 13.2 Å². The first-order valence-corrected chi connectivity index (χ1v) is 13.4. The predicted octanol–water partition coefficient (Wildman–Crippen LogP) is 4.90. The second kappa shape index (κ2) is 20.6. The number of ether oxygens (including phenoxy) is 1. The van der Waals surface area contributed by atoms with Crippen LogP contribution in [0.3, 0.4) is 0 Å². The van der Waals surface area contributed by atoms with Gasteiger partial charge in [-0.25, -0.2) is 9.59 Å². The van der Waals surface area contributed by atoms with Gasteiger partial charge < -0.3 is 25.2 Å². The molecule has 0 saturated heterocycles. The Bertz CT molecular complexity index is 542. The molecule has 7 heteroatoms. The van der Waals surface area contributed by atoms with Gasteiger partial charge in [-0.2, -0.15) is 0 Å². The molecule has 204 valence electrons. The van der Waals surface area contributed by atoms with Gasteiger partial charge in [0, 0.05) is 0 Å². The van der Waals surface area contributed by atoms with Crippen LogP contribution in [0.2, 0.25) is 0 Å². The van der Waals surface area contributed by atoms with Gasteiger partial charge >= 0.3 is 11.9 Å². The Morgan fingerprint density at radius 3 is 1.14 bits per heavy atom. The van der Waals surface area contributed by atoms with Gasteiger partial charge in [-0.05, 0) is 51.4 Å². The third-order valence-electron chi connectivity index (χ3n) is 6.47. The Morgan fingerprint density at radius 2 is 0.857 bits per heavy atom. The van der Waals surface area contributed by atoms with Crippen molar-refractivity contribution in [3.05, 3.63) is 25.3 Å². The van der Waals surface area contributed by atoms with E-state index in [9.17, 15) is 30.0 Å². The standard InChI is InChI=1S/C28H50O7/c1-3-5-7-9-11-13-15-17-19-21-27(33,23-29)25(31)35-26(32)28(34,24-30)22-20-18-16-14-12-10-8-6-4-2/h3-4,29-30,33-34H,1-2,5-24H2.